The van der Waals surface area contributed by atoms with Gasteiger partial charge in [-0.05, 0) is 31.2 Å². The summed E-state index contributed by atoms with van der Waals surface area (Å²) in [5.74, 6) is 1.75. The number of rotatable bonds is 9. The van der Waals surface area contributed by atoms with Crippen molar-refractivity contribution in [2.45, 2.75) is 19.8 Å². The number of para-hydroxylation sites is 1. The average Bonchev–Trinajstić information content (AvgIpc) is 2.63. The maximum atomic E-state index is 5.67. The summed E-state index contributed by atoms with van der Waals surface area (Å²) in [6, 6.07) is 15.8. The molecule has 0 saturated heterocycles. The summed E-state index contributed by atoms with van der Waals surface area (Å²) in [6.45, 7) is 5.11. The van der Waals surface area contributed by atoms with Gasteiger partial charge in [0.25, 0.3) is 0 Å². The first-order valence-corrected chi connectivity index (χ1v) is 8.48. The minimum Gasteiger partial charge on any atom is -0.494 e. The maximum Gasteiger partial charge on any atom is 0.191 e. The molecule has 0 unspecified atom stereocenters. The van der Waals surface area contributed by atoms with Gasteiger partial charge in [0.15, 0.2) is 5.96 Å². The number of nitrogens with one attached hydrogen (secondary N) is 2. The van der Waals surface area contributed by atoms with Gasteiger partial charge < -0.3 is 15.4 Å². The monoisotopic (exact) mass is 454 g/mol. The number of pyridine rings is 1. The molecule has 0 fully saturated rings. The first-order chi connectivity index (χ1) is 11.9. The highest BCUT2D eigenvalue weighted by molar-refractivity contribution is 14.0. The first-order valence-electron chi connectivity index (χ1n) is 8.48. The Bertz CT molecular complexity index is 593. The Kier molecular flexibility index (Phi) is 11.4. The highest BCUT2D eigenvalue weighted by atomic mass is 127. The number of benzene rings is 1. The van der Waals surface area contributed by atoms with Gasteiger partial charge in [-0.3, -0.25) is 9.98 Å². The normalized spacial score (nSPS) is 10.7. The Morgan fingerprint density at radius 3 is 2.60 bits per heavy atom. The summed E-state index contributed by atoms with van der Waals surface area (Å²) in [7, 11) is 0. The van der Waals surface area contributed by atoms with E-state index in [1.807, 2.05) is 54.7 Å². The van der Waals surface area contributed by atoms with E-state index >= 15 is 0 Å². The van der Waals surface area contributed by atoms with E-state index in [1.54, 1.807) is 0 Å². The first kappa shape index (κ1) is 21.2. The van der Waals surface area contributed by atoms with Crippen LogP contribution in [0.15, 0.2) is 59.7 Å². The Morgan fingerprint density at radius 1 is 1.08 bits per heavy atom. The summed E-state index contributed by atoms with van der Waals surface area (Å²) in [5, 5.41) is 6.59. The smallest absolute Gasteiger partial charge is 0.191 e. The molecule has 0 aliphatic heterocycles. The highest BCUT2D eigenvalue weighted by Gasteiger charge is 1.98. The van der Waals surface area contributed by atoms with E-state index in [4.69, 9.17) is 4.74 Å². The zero-order valence-electron chi connectivity index (χ0n) is 14.6. The van der Waals surface area contributed by atoms with E-state index < -0.39 is 0 Å². The second kappa shape index (κ2) is 13.5. The molecular formula is C19H27IN4O. The van der Waals surface area contributed by atoms with E-state index in [9.17, 15) is 0 Å². The molecular weight excluding hydrogens is 427 g/mol. The van der Waals surface area contributed by atoms with E-state index in [2.05, 4.69) is 27.5 Å². The van der Waals surface area contributed by atoms with Crippen LogP contribution in [0.3, 0.4) is 0 Å². The van der Waals surface area contributed by atoms with Crippen LogP contribution in [0.1, 0.15) is 19.0 Å². The molecule has 2 rings (SSSR count). The summed E-state index contributed by atoms with van der Waals surface area (Å²) >= 11 is 0. The third-order valence-electron chi connectivity index (χ3n) is 3.33. The number of hydrogen-bond acceptors (Lipinski definition) is 3. The molecule has 0 amide bonds. The Labute approximate surface area is 167 Å². The molecule has 5 nitrogen and oxygen atoms in total. The van der Waals surface area contributed by atoms with Gasteiger partial charge in [-0.25, -0.2) is 0 Å². The van der Waals surface area contributed by atoms with Gasteiger partial charge in [0.05, 0.1) is 6.61 Å². The zero-order valence-corrected chi connectivity index (χ0v) is 17.0. The van der Waals surface area contributed by atoms with Crippen LogP contribution in [-0.4, -0.2) is 37.2 Å². The zero-order chi connectivity index (χ0) is 16.9. The summed E-state index contributed by atoms with van der Waals surface area (Å²) < 4.78 is 5.67. The van der Waals surface area contributed by atoms with Crippen molar-refractivity contribution in [2.24, 2.45) is 4.99 Å². The SMILES string of the molecule is CCNC(=NCCCOc1ccccc1)NCCc1ccccn1.I. The summed E-state index contributed by atoms with van der Waals surface area (Å²) in [4.78, 5) is 8.89. The molecule has 2 aromatic rings. The lowest BCUT2D eigenvalue weighted by atomic mass is 10.3. The van der Waals surface area contributed by atoms with Crippen LogP contribution in [0, 0.1) is 0 Å². The molecule has 0 atom stereocenters. The second-order valence-corrected chi connectivity index (χ2v) is 5.27. The van der Waals surface area contributed by atoms with Crippen LogP contribution in [0.5, 0.6) is 5.75 Å². The molecule has 0 spiro atoms. The fourth-order valence-corrected chi connectivity index (χ4v) is 2.16. The molecule has 25 heavy (non-hydrogen) atoms. The van der Waals surface area contributed by atoms with Crippen molar-refractivity contribution in [1.82, 2.24) is 15.6 Å². The third kappa shape index (κ3) is 9.28. The number of nitrogens with zero attached hydrogens (tertiary/aromatic N) is 2. The van der Waals surface area contributed by atoms with Crippen molar-refractivity contribution >= 4 is 29.9 Å². The van der Waals surface area contributed by atoms with Crippen molar-refractivity contribution in [3.05, 3.63) is 60.4 Å². The minimum atomic E-state index is 0. The van der Waals surface area contributed by atoms with E-state index in [1.165, 1.54) is 0 Å². The van der Waals surface area contributed by atoms with Crippen LogP contribution in [0.2, 0.25) is 0 Å². The predicted octanol–water partition coefficient (Wildman–Crippen LogP) is 3.27. The lowest BCUT2D eigenvalue weighted by Gasteiger charge is -2.11. The van der Waals surface area contributed by atoms with Gasteiger partial charge in [0.2, 0.25) is 0 Å². The Hall–Kier alpha value is -1.83. The fourth-order valence-electron chi connectivity index (χ4n) is 2.16. The lowest BCUT2D eigenvalue weighted by molar-refractivity contribution is 0.313. The lowest BCUT2D eigenvalue weighted by Crippen LogP contribution is -2.38. The van der Waals surface area contributed by atoms with Crippen LogP contribution in [0.4, 0.5) is 0 Å². The standard InChI is InChI=1S/C19H26N4O.HI/c1-2-20-19(23-15-12-17-9-6-7-13-21-17)22-14-8-16-24-18-10-4-3-5-11-18;/h3-7,9-11,13H,2,8,12,14-16H2,1H3,(H2,20,22,23);1H. The highest BCUT2D eigenvalue weighted by Crippen LogP contribution is 2.08. The molecule has 2 N–H and O–H groups in total. The van der Waals surface area contributed by atoms with Crippen LogP contribution >= 0.6 is 24.0 Å². The van der Waals surface area contributed by atoms with Crippen LogP contribution in [-0.2, 0) is 6.42 Å². The van der Waals surface area contributed by atoms with Crippen molar-refractivity contribution in [3.8, 4) is 5.75 Å². The van der Waals surface area contributed by atoms with Gasteiger partial charge in [-0.2, -0.15) is 0 Å². The number of aromatic nitrogens is 1. The molecule has 0 aliphatic rings. The largest absolute Gasteiger partial charge is 0.494 e. The molecule has 0 bridgehead atoms. The van der Waals surface area contributed by atoms with E-state index in [-0.39, 0.29) is 24.0 Å². The van der Waals surface area contributed by atoms with Crippen LogP contribution in [0.25, 0.3) is 0 Å². The number of guanidine groups is 1. The van der Waals surface area contributed by atoms with Crippen molar-refractivity contribution in [3.63, 3.8) is 0 Å². The van der Waals surface area contributed by atoms with E-state index in [0.29, 0.717) is 6.61 Å². The summed E-state index contributed by atoms with van der Waals surface area (Å²) in [5.41, 5.74) is 1.08. The van der Waals surface area contributed by atoms with E-state index in [0.717, 1.165) is 49.9 Å². The molecule has 0 radical (unpaired) electrons. The van der Waals surface area contributed by atoms with Gasteiger partial charge in [0.1, 0.15) is 5.75 Å². The number of hydrogen-bond donors (Lipinski definition) is 2. The quantitative estimate of drug-likeness (QED) is 0.264. The number of aliphatic imine (C=N–C) groups is 1. The van der Waals surface area contributed by atoms with Crippen molar-refractivity contribution in [1.29, 1.82) is 0 Å². The third-order valence-corrected chi connectivity index (χ3v) is 3.33. The Morgan fingerprint density at radius 2 is 1.88 bits per heavy atom. The van der Waals surface area contributed by atoms with Gasteiger partial charge >= 0.3 is 0 Å². The topological polar surface area (TPSA) is 58.5 Å². The molecule has 6 heteroatoms. The number of ether oxygens (including phenoxy) is 1. The van der Waals surface area contributed by atoms with Gasteiger partial charge in [-0.15, -0.1) is 24.0 Å². The molecule has 0 saturated carbocycles. The van der Waals surface area contributed by atoms with Crippen molar-refractivity contribution in [2.75, 3.05) is 26.2 Å². The molecule has 136 valence electrons. The van der Waals surface area contributed by atoms with Crippen LogP contribution < -0.4 is 15.4 Å². The Balaban J connectivity index is 0.00000312. The molecule has 1 heterocycles. The maximum absolute atomic E-state index is 5.67. The fraction of sp³-hybridized carbons (Fsp3) is 0.368. The predicted molar refractivity (Wildman–Crippen MR) is 114 cm³/mol. The average molecular weight is 454 g/mol. The second-order valence-electron chi connectivity index (χ2n) is 5.27. The van der Waals surface area contributed by atoms with Gasteiger partial charge in [-0.1, -0.05) is 24.3 Å². The number of halogens is 1. The van der Waals surface area contributed by atoms with Gasteiger partial charge in [0, 0.05) is 44.4 Å². The molecule has 1 aromatic carbocycles. The molecule has 1 aromatic heterocycles. The summed E-state index contributed by atoms with van der Waals surface area (Å²) in [6.07, 6.45) is 3.58. The van der Waals surface area contributed by atoms with Crippen molar-refractivity contribution < 1.29 is 4.74 Å². The minimum absolute atomic E-state index is 0. The molecule has 0 aliphatic carbocycles.